The molecule has 1 fully saturated rings. The maximum atomic E-state index is 10.7. The third kappa shape index (κ3) is 3.99. The zero-order valence-corrected chi connectivity index (χ0v) is 13.4. The number of allylic oxidation sites excluding steroid dienone is 1. The molecule has 1 heterocycles. The summed E-state index contributed by atoms with van der Waals surface area (Å²) in [6.45, 7) is 15.7. The van der Waals surface area contributed by atoms with Crippen LogP contribution in [0.2, 0.25) is 0 Å². The molecule has 1 aliphatic heterocycles. The molecule has 0 aromatic heterocycles. The molecule has 1 amide bonds. The minimum absolute atomic E-state index is 0.380. The van der Waals surface area contributed by atoms with Crippen molar-refractivity contribution in [1.82, 2.24) is 5.32 Å². The van der Waals surface area contributed by atoms with E-state index < -0.39 is 18.8 Å². The average molecular weight is 283 g/mol. The first kappa shape index (κ1) is 17.0. The maximum absolute atomic E-state index is 10.7. The second kappa shape index (κ2) is 5.41. The highest BCUT2D eigenvalue weighted by Crippen LogP contribution is 2.39. The lowest BCUT2D eigenvalue weighted by Crippen LogP contribution is -2.42. The van der Waals surface area contributed by atoms with Crippen LogP contribution in [0.15, 0.2) is 12.1 Å². The Bertz CT molecular complexity index is 388. The van der Waals surface area contributed by atoms with Gasteiger partial charge >= 0.3 is 13.2 Å². The lowest BCUT2D eigenvalue weighted by molar-refractivity contribution is 0.00578. The van der Waals surface area contributed by atoms with E-state index in [9.17, 15) is 4.79 Å². The van der Waals surface area contributed by atoms with Gasteiger partial charge in [-0.1, -0.05) is 0 Å². The summed E-state index contributed by atoms with van der Waals surface area (Å²) in [7, 11) is -0.430. The third-order valence-electron chi connectivity index (χ3n) is 4.10. The van der Waals surface area contributed by atoms with Gasteiger partial charge in [-0.3, -0.25) is 0 Å². The molecule has 1 saturated heterocycles. The molecule has 0 radical (unpaired) electrons. The smallest absolute Gasteiger partial charge is 0.465 e. The Hall–Kier alpha value is -1.01. The second-order valence-electron chi connectivity index (χ2n) is 7.06. The van der Waals surface area contributed by atoms with Gasteiger partial charge in [-0.25, -0.2) is 4.79 Å². The van der Waals surface area contributed by atoms with Crippen molar-refractivity contribution < 1.29 is 19.2 Å². The van der Waals surface area contributed by atoms with Crippen LogP contribution >= 0.6 is 0 Å². The van der Waals surface area contributed by atoms with Gasteiger partial charge < -0.3 is 19.7 Å². The van der Waals surface area contributed by atoms with Gasteiger partial charge in [0.1, 0.15) is 0 Å². The quantitative estimate of drug-likeness (QED) is 0.761. The lowest BCUT2D eigenvalue weighted by Gasteiger charge is -2.32. The lowest BCUT2D eigenvalue weighted by atomic mass is 9.75. The van der Waals surface area contributed by atoms with Crippen molar-refractivity contribution in [2.75, 3.05) is 0 Å². The summed E-state index contributed by atoms with van der Waals surface area (Å²) in [5.41, 5.74) is -0.424. The molecule has 5 nitrogen and oxygen atoms in total. The highest BCUT2D eigenvalue weighted by molar-refractivity contribution is 6.54. The summed E-state index contributed by atoms with van der Waals surface area (Å²) in [5, 5.41) is 11.3. The van der Waals surface area contributed by atoms with Crippen molar-refractivity contribution in [2.24, 2.45) is 0 Å². The molecule has 1 rings (SSSR count). The summed E-state index contributed by atoms with van der Waals surface area (Å²) in [5.74, 6) is 0. The molecule has 6 heteroatoms. The fourth-order valence-electron chi connectivity index (χ4n) is 1.95. The molecule has 0 atom stereocenters. The Morgan fingerprint density at radius 2 is 1.70 bits per heavy atom. The van der Waals surface area contributed by atoms with E-state index in [1.54, 1.807) is 0 Å². The van der Waals surface area contributed by atoms with Gasteiger partial charge in [0.25, 0.3) is 0 Å². The van der Waals surface area contributed by atoms with Gasteiger partial charge in [0.2, 0.25) is 0 Å². The highest BCUT2D eigenvalue weighted by Gasteiger charge is 2.51. The summed E-state index contributed by atoms with van der Waals surface area (Å²) >= 11 is 0. The number of rotatable bonds is 5. The van der Waals surface area contributed by atoms with Gasteiger partial charge in [0.15, 0.2) is 0 Å². The zero-order chi connectivity index (χ0) is 15.8. The molecule has 1 aliphatic rings. The summed E-state index contributed by atoms with van der Waals surface area (Å²) in [4.78, 5) is 10.7. The van der Waals surface area contributed by atoms with Gasteiger partial charge in [0.05, 0.1) is 11.2 Å². The van der Waals surface area contributed by atoms with Crippen molar-refractivity contribution in [3.63, 3.8) is 0 Å². The van der Waals surface area contributed by atoms with Crippen LogP contribution in [-0.4, -0.2) is 35.1 Å². The summed E-state index contributed by atoms with van der Waals surface area (Å²) < 4.78 is 11.8. The van der Waals surface area contributed by atoms with E-state index in [-0.39, 0.29) is 11.2 Å². The molecule has 0 aliphatic carbocycles. The van der Waals surface area contributed by atoms with E-state index >= 15 is 0 Å². The SMILES string of the molecule is C=C(CCC(C)(C)NC(=O)O)B1OC(C)(C)C(C)(C)O1. The molecular weight excluding hydrogens is 257 g/mol. The molecule has 0 unspecified atom stereocenters. The predicted octanol–water partition coefficient (Wildman–Crippen LogP) is 3.00. The number of amides is 1. The van der Waals surface area contributed by atoms with Crippen molar-refractivity contribution in [3.05, 3.63) is 12.1 Å². The number of carbonyl (C=O) groups is 1. The Morgan fingerprint density at radius 1 is 1.25 bits per heavy atom. The Morgan fingerprint density at radius 3 is 2.10 bits per heavy atom. The van der Waals surface area contributed by atoms with Crippen LogP contribution in [0.4, 0.5) is 4.79 Å². The Labute approximate surface area is 121 Å². The van der Waals surface area contributed by atoms with Crippen LogP contribution in [0, 0.1) is 0 Å². The van der Waals surface area contributed by atoms with E-state index in [4.69, 9.17) is 14.4 Å². The van der Waals surface area contributed by atoms with Crippen LogP contribution in [0.1, 0.15) is 54.4 Å². The van der Waals surface area contributed by atoms with Crippen molar-refractivity contribution in [1.29, 1.82) is 0 Å². The Balaban J connectivity index is 2.56. The molecule has 2 N–H and O–H groups in total. The molecule has 0 aromatic carbocycles. The standard InChI is InChI=1S/C14H26BNO4/c1-10(8-9-12(2,3)16-11(17)18)15-19-13(4,5)14(6,7)20-15/h16H,1,8-9H2,2-7H3,(H,17,18). The number of hydrogen-bond acceptors (Lipinski definition) is 3. The third-order valence-corrected chi connectivity index (χ3v) is 4.10. The first-order valence-corrected chi connectivity index (χ1v) is 6.91. The molecule has 0 spiro atoms. The van der Waals surface area contributed by atoms with Crippen LogP contribution in [0.25, 0.3) is 0 Å². The number of nitrogens with one attached hydrogen (secondary N) is 1. The van der Waals surface area contributed by atoms with E-state index in [0.717, 1.165) is 5.47 Å². The fraction of sp³-hybridized carbons (Fsp3) is 0.786. The minimum atomic E-state index is -1.02. The van der Waals surface area contributed by atoms with Crippen molar-refractivity contribution in [2.45, 2.75) is 71.1 Å². The molecule has 20 heavy (non-hydrogen) atoms. The van der Waals surface area contributed by atoms with Crippen LogP contribution < -0.4 is 5.32 Å². The largest absolute Gasteiger partial charge is 0.489 e. The average Bonchev–Trinajstić information content (AvgIpc) is 2.43. The summed E-state index contributed by atoms with van der Waals surface area (Å²) in [6, 6.07) is 0. The number of carboxylic acid groups (broad SMARTS) is 1. The van der Waals surface area contributed by atoms with Gasteiger partial charge in [-0.2, -0.15) is 0 Å². The van der Waals surface area contributed by atoms with E-state index in [2.05, 4.69) is 11.9 Å². The minimum Gasteiger partial charge on any atom is -0.465 e. The van der Waals surface area contributed by atoms with Crippen molar-refractivity contribution >= 4 is 13.2 Å². The second-order valence-corrected chi connectivity index (χ2v) is 7.06. The first-order valence-electron chi connectivity index (χ1n) is 6.91. The van der Waals surface area contributed by atoms with Gasteiger partial charge in [-0.05, 0) is 59.9 Å². The molecule has 0 saturated carbocycles. The molecule has 0 bridgehead atoms. The number of hydrogen-bond donors (Lipinski definition) is 2. The van der Waals surface area contributed by atoms with Crippen LogP contribution in [0.3, 0.4) is 0 Å². The molecule has 0 aromatic rings. The maximum Gasteiger partial charge on any atom is 0.489 e. The van der Waals surface area contributed by atoms with Gasteiger partial charge in [-0.15, -0.1) is 6.58 Å². The topological polar surface area (TPSA) is 67.8 Å². The van der Waals surface area contributed by atoms with Crippen molar-refractivity contribution in [3.8, 4) is 0 Å². The van der Waals surface area contributed by atoms with E-state index in [0.29, 0.717) is 12.8 Å². The highest BCUT2D eigenvalue weighted by atomic mass is 16.7. The fourth-order valence-corrected chi connectivity index (χ4v) is 1.95. The van der Waals surface area contributed by atoms with E-state index in [1.165, 1.54) is 0 Å². The molecule has 114 valence electrons. The Kier molecular flexibility index (Phi) is 4.61. The van der Waals surface area contributed by atoms with Crippen LogP contribution in [0.5, 0.6) is 0 Å². The van der Waals surface area contributed by atoms with Crippen LogP contribution in [-0.2, 0) is 9.31 Å². The molecular formula is C14H26BNO4. The van der Waals surface area contributed by atoms with Gasteiger partial charge in [0, 0.05) is 5.54 Å². The zero-order valence-electron chi connectivity index (χ0n) is 13.4. The summed E-state index contributed by atoms with van der Waals surface area (Å²) in [6.07, 6.45) is 0.267. The predicted molar refractivity (Wildman–Crippen MR) is 79.7 cm³/mol. The normalized spacial score (nSPS) is 20.8. The monoisotopic (exact) mass is 283 g/mol. The first-order chi connectivity index (χ1) is 8.86. The van der Waals surface area contributed by atoms with E-state index in [1.807, 2.05) is 41.5 Å².